The van der Waals surface area contributed by atoms with Gasteiger partial charge in [0, 0.05) is 36.4 Å². The van der Waals surface area contributed by atoms with Crippen LogP contribution in [0.4, 0.5) is 5.82 Å². The van der Waals surface area contributed by atoms with Crippen molar-refractivity contribution >= 4 is 23.3 Å². The van der Waals surface area contributed by atoms with Gasteiger partial charge in [0.1, 0.15) is 5.82 Å². The van der Waals surface area contributed by atoms with Crippen molar-refractivity contribution in [2.75, 3.05) is 25.0 Å². The summed E-state index contributed by atoms with van der Waals surface area (Å²) in [4.78, 5) is 22.1. The van der Waals surface area contributed by atoms with Crippen molar-refractivity contribution in [2.24, 2.45) is 0 Å². The van der Waals surface area contributed by atoms with Crippen LogP contribution in [0.25, 0.3) is 0 Å². The lowest BCUT2D eigenvalue weighted by Gasteiger charge is -2.20. The molecule has 3 rings (SSSR count). The number of likely N-dealkylation sites (N-methyl/N-ethyl adjacent to an activating group) is 1. The number of rotatable bonds is 6. The molecule has 0 atom stereocenters. The van der Waals surface area contributed by atoms with Gasteiger partial charge in [-0.05, 0) is 30.5 Å². The number of amides is 1. The zero-order chi connectivity index (χ0) is 16.3. The Morgan fingerprint density at radius 3 is 2.65 bits per heavy atom. The Hall–Kier alpha value is -2.14. The van der Waals surface area contributed by atoms with Gasteiger partial charge >= 0.3 is 0 Å². The highest BCUT2D eigenvalue weighted by atomic mass is 35.5. The molecule has 0 radical (unpaired) electrons. The van der Waals surface area contributed by atoms with Crippen LogP contribution in [0.15, 0.2) is 42.9 Å². The molecular formula is C17H19ClN4O. The van der Waals surface area contributed by atoms with Crippen molar-refractivity contribution in [2.45, 2.75) is 18.3 Å². The van der Waals surface area contributed by atoms with Gasteiger partial charge in [-0.25, -0.2) is 4.98 Å². The van der Waals surface area contributed by atoms with E-state index in [-0.39, 0.29) is 17.9 Å². The number of anilines is 1. The zero-order valence-electron chi connectivity index (χ0n) is 13.0. The maximum Gasteiger partial charge on any atom is 0.239 e. The first-order valence-electron chi connectivity index (χ1n) is 7.59. The van der Waals surface area contributed by atoms with Crippen molar-refractivity contribution < 1.29 is 4.79 Å². The SMILES string of the molecule is CN(CC(=O)NCC1(c2ccc(Cl)cc2)CC1)c1cnccn1. The average Bonchev–Trinajstić information content (AvgIpc) is 3.35. The van der Waals surface area contributed by atoms with E-state index in [2.05, 4.69) is 15.3 Å². The predicted octanol–water partition coefficient (Wildman–Crippen LogP) is 2.41. The zero-order valence-corrected chi connectivity index (χ0v) is 13.8. The fourth-order valence-corrected chi connectivity index (χ4v) is 2.76. The number of hydrogen-bond acceptors (Lipinski definition) is 4. The number of benzene rings is 1. The van der Waals surface area contributed by atoms with E-state index >= 15 is 0 Å². The lowest BCUT2D eigenvalue weighted by Crippen LogP contribution is -2.39. The Morgan fingerprint density at radius 1 is 1.30 bits per heavy atom. The molecule has 1 saturated carbocycles. The third kappa shape index (κ3) is 3.79. The Labute approximate surface area is 140 Å². The summed E-state index contributed by atoms with van der Waals surface area (Å²) in [6, 6.07) is 7.90. The van der Waals surface area contributed by atoms with E-state index < -0.39 is 0 Å². The molecular weight excluding hydrogens is 312 g/mol. The van der Waals surface area contributed by atoms with Crippen LogP contribution in [-0.4, -0.2) is 36.0 Å². The van der Waals surface area contributed by atoms with Crippen molar-refractivity contribution in [3.05, 3.63) is 53.4 Å². The molecule has 1 aromatic carbocycles. The third-order valence-corrected chi connectivity index (χ3v) is 4.51. The highest BCUT2D eigenvalue weighted by Gasteiger charge is 2.44. The fraction of sp³-hybridized carbons (Fsp3) is 0.353. The quantitative estimate of drug-likeness (QED) is 0.883. The third-order valence-electron chi connectivity index (χ3n) is 4.26. The van der Waals surface area contributed by atoms with E-state index in [0.29, 0.717) is 12.4 Å². The highest BCUT2D eigenvalue weighted by Crippen LogP contribution is 2.47. The molecule has 0 saturated heterocycles. The van der Waals surface area contributed by atoms with Gasteiger partial charge in [-0.2, -0.15) is 0 Å². The smallest absolute Gasteiger partial charge is 0.239 e. The van der Waals surface area contributed by atoms with E-state index in [0.717, 1.165) is 17.9 Å². The number of nitrogens with one attached hydrogen (secondary N) is 1. The minimum absolute atomic E-state index is 0.0154. The van der Waals surface area contributed by atoms with Gasteiger partial charge in [-0.15, -0.1) is 0 Å². The molecule has 1 aromatic heterocycles. The normalized spacial score (nSPS) is 15.0. The van der Waals surface area contributed by atoms with Crippen LogP contribution in [0.2, 0.25) is 5.02 Å². The van der Waals surface area contributed by atoms with Crippen molar-refractivity contribution in [1.29, 1.82) is 0 Å². The van der Waals surface area contributed by atoms with Gasteiger partial charge in [-0.1, -0.05) is 23.7 Å². The van der Waals surface area contributed by atoms with E-state index in [9.17, 15) is 4.79 Å². The van der Waals surface area contributed by atoms with Crippen LogP contribution >= 0.6 is 11.6 Å². The van der Waals surface area contributed by atoms with Gasteiger partial charge in [0.15, 0.2) is 0 Å². The molecule has 2 aromatic rings. The molecule has 6 heteroatoms. The monoisotopic (exact) mass is 330 g/mol. The van der Waals surface area contributed by atoms with Crippen molar-refractivity contribution in [1.82, 2.24) is 15.3 Å². The van der Waals surface area contributed by atoms with Crippen LogP contribution in [0.1, 0.15) is 18.4 Å². The molecule has 0 unspecified atom stereocenters. The Bertz CT molecular complexity index is 671. The molecule has 120 valence electrons. The Morgan fingerprint density at radius 2 is 2.04 bits per heavy atom. The summed E-state index contributed by atoms with van der Waals surface area (Å²) in [6.07, 6.45) is 7.05. The number of hydrogen-bond donors (Lipinski definition) is 1. The molecule has 1 N–H and O–H groups in total. The molecule has 1 aliphatic carbocycles. The summed E-state index contributed by atoms with van der Waals surface area (Å²) in [5.41, 5.74) is 1.32. The lowest BCUT2D eigenvalue weighted by atomic mass is 9.96. The topological polar surface area (TPSA) is 58.1 Å². The van der Waals surface area contributed by atoms with Crippen LogP contribution in [-0.2, 0) is 10.2 Å². The first kappa shape index (κ1) is 15.7. The highest BCUT2D eigenvalue weighted by molar-refractivity contribution is 6.30. The molecule has 0 spiro atoms. The van der Waals surface area contributed by atoms with E-state index in [4.69, 9.17) is 11.6 Å². The van der Waals surface area contributed by atoms with Gasteiger partial charge < -0.3 is 10.2 Å². The maximum atomic E-state index is 12.2. The van der Waals surface area contributed by atoms with Crippen LogP contribution in [0, 0.1) is 0 Å². The van der Waals surface area contributed by atoms with Gasteiger partial charge in [0.25, 0.3) is 0 Å². The largest absolute Gasteiger partial charge is 0.354 e. The number of carbonyl (C=O) groups excluding carboxylic acids is 1. The predicted molar refractivity (Wildman–Crippen MR) is 90.7 cm³/mol. The van der Waals surface area contributed by atoms with E-state index in [1.807, 2.05) is 31.3 Å². The Kier molecular flexibility index (Phi) is 4.48. The summed E-state index contributed by atoms with van der Waals surface area (Å²) in [5, 5.41) is 3.77. The second kappa shape index (κ2) is 6.54. The number of halogens is 1. The van der Waals surface area contributed by atoms with E-state index in [1.165, 1.54) is 5.56 Å². The second-order valence-electron chi connectivity index (χ2n) is 5.98. The summed E-state index contributed by atoms with van der Waals surface area (Å²) in [5.74, 6) is 0.667. The molecule has 23 heavy (non-hydrogen) atoms. The summed E-state index contributed by atoms with van der Waals surface area (Å²) in [6.45, 7) is 0.914. The summed E-state index contributed by atoms with van der Waals surface area (Å²) in [7, 11) is 1.83. The minimum Gasteiger partial charge on any atom is -0.354 e. The number of carbonyl (C=O) groups is 1. The van der Waals surface area contributed by atoms with Gasteiger partial charge in [0.05, 0.1) is 12.7 Å². The molecule has 1 fully saturated rings. The standard InChI is InChI=1S/C17H19ClN4O/c1-22(15-10-19-8-9-20-15)11-16(23)21-12-17(6-7-17)13-2-4-14(18)5-3-13/h2-5,8-10H,6-7,11-12H2,1H3,(H,21,23). The first-order valence-corrected chi connectivity index (χ1v) is 7.97. The lowest BCUT2D eigenvalue weighted by molar-refractivity contribution is -0.119. The Balaban J connectivity index is 1.54. The molecule has 0 bridgehead atoms. The minimum atomic E-state index is -0.0154. The number of aromatic nitrogens is 2. The van der Waals surface area contributed by atoms with Crippen molar-refractivity contribution in [3.63, 3.8) is 0 Å². The fourth-order valence-electron chi connectivity index (χ4n) is 2.63. The van der Waals surface area contributed by atoms with Gasteiger partial charge in [-0.3, -0.25) is 9.78 Å². The van der Waals surface area contributed by atoms with E-state index in [1.54, 1.807) is 23.5 Å². The number of nitrogens with zero attached hydrogens (tertiary/aromatic N) is 3. The second-order valence-corrected chi connectivity index (χ2v) is 6.42. The first-order chi connectivity index (χ1) is 11.1. The average molecular weight is 331 g/mol. The molecule has 5 nitrogen and oxygen atoms in total. The van der Waals surface area contributed by atoms with Crippen LogP contribution in [0.5, 0.6) is 0 Å². The summed E-state index contributed by atoms with van der Waals surface area (Å²) >= 11 is 5.94. The van der Waals surface area contributed by atoms with Crippen molar-refractivity contribution in [3.8, 4) is 0 Å². The van der Waals surface area contributed by atoms with Gasteiger partial charge in [0.2, 0.25) is 5.91 Å². The molecule has 0 aliphatic heterocycles. The summed E-state index contributed by atoms with van der Waals surface area (Å²) < 4.78 is 0. The van der Waals surface area contributed by atoms with Crippen LogP contribution < -0.4 is 10.2 Å². The molecule has 1 heterocycles. The van der Waals surface area contributed by atoms with Crippen LogP contribution in [0.3, 0.4) is 0 Å². The molecule has 1 aliphatic rings. The molecule has 1 amide bonds. The maximum absolute atomic E-state index is 12.2.